The fourth-order valence-corrected chi connectivity index (χ4v) is 4.51. The molecule has 0 amide bonds. The molecule has 12 heteroatoms. The van der Waals surface area contributed by atoms with Crippen LogP contribution in [0, 0.1) is 34.9 Å². The number of alkyl halides is 5. The molecule has 0 aliphatic carbocycles. The van der Waals surface area contributed by atoms with Gasteiger partial charge in [0.2, 0.25) is 0 Å². The van der Waals surface area contributed by atoms with E-state index in [1.165, 1.54) is 18.2 Å². The first-order chi connectivity index (χ1) is 19.6. The summed E-state index contributed by atoms with van der Waals surface area (Å²) in [6.45, 7) is 3.39. The summed E-state index contributed by atoms with van der Waals surface area (Å²) in [5.41, 5.74) is -4.22. The SMILES string of the molecule is CCc1ccc(-c2cc(F)c(-c3cc(F)c(C(F)(F)Oc4cc(F)c(C(F)(F)F)c(F)c4)c(F)c3)c(CC)c2)c(F)c1. The fraction of sp³-hybridized carbons (Fsp3) is 0.200. The van der Waals surface area contributed by atoms with Crippen molar-refractivity contribution in [3.05, 3.63) is 112 Å². The van der Waals surface area contributed by atoms with Gasteiger partial charge in [0.1, 0.15) is 51.8 Å². The highest BCUT2D eigenvalue weighted by Gasteiger charge is 2.43. The van der Waals surface area contributed by atoms with E-state index in [0.717, 1.165) is 6.07 Å². The van der Waals surface area contributed by atoms with Gasteiger partial charge in [0.05, 0.1) is 0 Å². The molecule has 0 radical (unpaired) electrons. The number of halogens is 11. The van der Waals surface area contributed by atoms with Gasteiger partial charge in [-0.2, -0.15) is 22.0 Å². The zero-order chi connectivity index (χ0) is 31.1. The maximum Gasteiger partial charge on any atom is 0.432 e. The predicted octanol–water partition coefficient (Wildman–Crippen LogP) is 10.1. The Bertz CT molecular complexity index is 1610. The van der Waals surface area contributed by atoms with Crippen LogP contribution in [0.25, 0.3) is 22.3 Å². The Morgan fingerprint density at radius 3 is 1.62 bits per heavy atom. The molecule has 0 fully saturated rings. The number of ether oxygens (including phenoxy) is 1. The minimum atomic E-state index is -5.50. The van der Waals surface area contributed by atoms with Gasteiger partial charge in [-0.15, -0.1) is 0 Å². The normalized spacial score (nSPS) is 12.1. The predicted molar refractivity (Wildman–Crippen MR) is 132 cm³/mol. The van der Waals surface area contributed by atoms with Crippen LogP contribution >= 0.6 is 0 Å². The minimum absolute atomic E-state index is 0.0630. The van der Waals surface area contributed by atoms with Crippen LogP contribution in [0.4, 0.5) is 48.3 Å². The van der Waals surface area contributed by atoms with Crippen LogP contribution < -0.4 is 4.74 Å². The van der Waals surface area contributed by atoms with Gasteiger partial charge in [-0.05, 0) is 59.4 Å². The molecule has 0 unspecified atom stereocenters. The van der Waals surface area contributed by atoms with Gasteiger partial charge in [0.15, 0.2) is 0 Å². The summed E-state index contributed by atoms with van der Waals surface area (Å²) in [5.74, 6) is -11.6. The molecule has 0 spiro atoms. The molecule has 42 heavy (non-hydrogen) atoms. The largest absolute Gasteiger partial charge is 0.432 e. The van der Waals surface area contributed by atoms with Gasteiger partial charge in [-0.25, -0.2) is 26.3 Å². The standard InChI is InChI=1S/C30H19F11O/c1-3-14-5-6-19(20(31)7-14)16-8-15(4-2)26(21(32)9-16)17-10-22(33)28(23(34)11-17)30(40,41)42-18-12-24(35)27(25(36)13-18)29(37,38)39/h5-13H,3-4H2,1-2H3. The smallest absolute Gasteiger partial charge is 0.429 e. The molecule has 4 aromatic rings. The Kier molecular flexibility index (Phi) is 8.30. The Morgan fingerprint density at radius 1 is 0.571 bits per heavy atom. The van der Waals surface area contributed by atoms with E-state index in [1.54, 1.807) is 13.0 Å². The molecule has 0 aliphatic heterocycles. The topological polar surface area (TPSA) is 9.23 Å². The van der Waals surface area contributed by atoms with Crippen molar-refractivity contribution in [3.8, 4) is 28.0 Å². The minimum Gasteiger partial charge on any atom is -0.429 e. The maximum absolute atomic E-state index is 15.3. The van der Waals surface area contributed by atoms with Gasteiger partial charge in [0, 0.05) is 23.3 Å². The highest BCUT2D eigenvalue weighted by atomic mass is 19.4. The van der Waals surface area contributed by atoms with E-state index >= 15 is 4.39 Å². The van der Waals surface area contributed by atoms with E-state index in [-0.39, 0.29) is 40.8 Å². The van der Waals surface area contributed by atoms with Crippen molar-refractivity contribution in [2.75, 3.05) is 0 Å². The first kappa shape index (κ1) is 30.9. The molecule has 1 nitrogen and oxygen atoms in total. The third-order valence-corrected chi connectivity index (χ3v) is 6.47. The molecule has 0 N–H and O–H groups in total. The monoisotopic (exact) mass is 604 g/mol. The quantitative estimate of drug-likeness (QED) is 0.191. The van der Waals surface area contributed by atoms with Crippen LogP contribution in [-0.2, 0) is 25.1 Å². The second-order valence-corrected chi connectivity index (χ2v) is 9.21. The molecule has 4 aromatic carbocycles. The van der Waals surface area contributed by atoms with Gasteiger partial charge in [-0.3, -0.25) is 0 Å². The highest BCUT2D eigenvalue weighted by molar-refractivity contribution is 5.75. The summed E-state index contributed by atoms with van der Waals surface area (Å²) in [7, 11) is 0. The molecule has 0 atom stereocenters. The van der Waals surface area contributed by atoms with Gasteiger partial charge < -0.3 is 4.74 Å². The lowest BCUT2D eigenvalue weighted by Crippen LogP contribution is -2.25. The molecule has 0 aromatic heterocycles. The number of hydrogen-bond donors (Lipinski definition) is 0. The van der Waals surface area contributed by atoms with E-state index in [9.17, 15) is 43.9 Å². The molecule has 0 bridgehead atoms. The lowest BCUT2D eigenvalue weighted by molar-refractivity contribution is -0.189. The molecule has 0 aliphatic rings. The molecule has 4 rings (SSSR count). The lowest BCUT2D eigenvalue weighted by atomic mass is 9.91. The number of benzene rings is 4. The molecule has 0 heterocycles. The Labute approximate surface area is 232 Å². The Hall–Kier alpha value is -4.09. The van der Waals surface area contributed by atoms with E-state index in [1.807, 2.05) is 6.92 Å². The summed E-state index contributed by atoms with van der Waals surface area (Å²) in [4.78, 5) is 0. The van der Waals surface area contributed by atoms with Crippen molar-refractivity contribution < 1.29 is 53.0 Å². The molecule has 222 valence electrons. The van der Waals surface area contributed by atoms with Crippen LogP contribution in [0.3, 0.4) is 0 Å². The number of hydrogen-bond acceptors (Lipinski definition) is 1. The number of rotatable bonds is 7. The molecular formula is C30H19F11O. The second-order valence-electron chi connectivity index (χ2n) is 9.21. The summed E-state index contributed by atoms with van der Waals surface area (Å²) in [6, 6.07) is 7.01. The molecular weight excluding hydrogens is 585 g/mol. The van der Waals surface area contributed by atoms with Crippen LogP contribution in [-0.4, -0.2) is 0 Å². The van der Waals surface area contributed by atoms with Gasteiger partial charge in [-0.1, -0.05) is 32.0 Å². The Morgan fingerprint density at radius 2 is 1.12 bits per heavy atom. The summed E-state index contributed by atoms with van der Waals surface area (Å²) in [6.07, 6.45) is -9.82. The lowest BCUT2D eigenvalue weighted by Gasteiger charge is -2.21. The van der Waals surface area contributed by atoms with Gasteiger partial charge >= 0.3 is 12.3 Å². The molecule has 0 saturated heterocycles. The van der Waals surface area contributed by atoms with Crippen LogP contribution in [0.15, 0.2) is 54.6 Å². The van der Waals surface area contributed by atoms with Crippen molar-refractivity contribution >= 4 is 0 Å². The van der Waals surface area contributed by atoms with Crippen molar-refractivity contribution in [3.63, 3.8) is 0 Å². The van der Waals surface area contributed by atoms with Crippen molar-refractivity contribution in [2.45, 2.75) is 39.0 Å². The first-order valence-electron chi connectivity index (χ1n) is 12.3. The Balaban J connectivity index is 1.73. The van der Waals surface area contributed by atoms with Crippen LogP contribution in [0.5, 0.6) is 5.75 Å². The van der Waals surface area contributed by atoms with E-state index in [4.69, 9.17) is 0 Å². The zero-order valence-electron chi connectivity index (χ0n) is 21.7. The third-order valence-electron chi connectivity index (χ3n) is 6.47. The van der Waals surface area contributed by atoms with E-state index in [0.29, 0.717) is 24.1 Å². The summed E-state index contributed by atoms with van der Waals surface area (Å²) < 4.78 is 159. The molecule has 0 saturated carbocycles. The van der Waals surface area contributed by atoms with Gasteiger partial charge in [0.25, 0.3) is 0 Å². The van der Waals surface area contributed by atoms with Crippen molar-refractivity contribution in [2.24, 2.45) is 0 Å². The van der Waals surface area contributed by atoms with E-state index < -0.39 is 69.6 Å². The third kappa shape index (κ3) is 5.93. The first-order valence-corrected chi connectivity index (χ1v) is 12.3. The maximum atomic E-state index is 15.3. The highest BCUT2D eigenvalue weighted by Crippen LogP contribution is 2.41. The number of aryl methyl sites for hydroxylation is 2. The van der Waals surface area contributed by atoms with E-state index in [2.05, 4.69) is 4.74 Å². The fourth-order valence-electron chi connectivity index (χ4n) is 4.51. The van der Waals surface area contributed by atoms with Crippen LogP contribution in [0.2, 0.25) is 0 Å². The van der Waals surface area contributed by atoms with Crippen LogP contribution in [0.1, 0.15) is 36.1 Å². The zero-order valence-corrected chi connectivity index (χ0v) is 21.7. The summed E-state index contributed by atoms with van der Waals surface area (Å²) >= 11 is 0. The average Bonchev–Trinajstić information content (AvgIpc) is 2.85. The van der Waals surface area contributed by atoms with Crippen molar-refractivity contribution in [1.82, 2.24) is 0 Å². The second kappa shape index (κ2) is 11.3. The summed E-state index contributed by atoms with van der Waals surface area (Å²) in [5, 5.41) is 0. The average molecular weight is 604 g/mol. The van der Waals surface area contributed by atoms with Crippen molar-refractivity contribution in [1.29, 1.82) is 0 Å².